The van der Waals surface area contributed by atoms with Gasteiger partial charge in [0.2, 0.25) is 0 Å². The zero-order valence-corrected chi connectivity index (χ0v) is 13.7. The van der Waals surface area contributed by atoms with Crippen LogP contribution < -0.4 is 4.74 Å². The molecule has 1 aromatic carbocycles. The summed E-state index contributed by atoms with van der Waals surface area (Å²) >= 11 is 0. The van der Waals surface area contributed by atoms with Crippen LogP contribution in [0.15, 0.2) is 36.7 Å². The van der Waals surface area contributed by atoms with Crippen molar-refractivity contribution in [2.75, 3.05) is 6.61 Å². The highest BCUT2D eigenvalue weighted by molar-refractivity contribution is 5.56. The third-order valence-corrected chi connectivity index (χ3v) is 3.66. The molecule has 0 radical (unpaired) electrons. The zero-order chi connectivity index (χ0) is 16.3. The fourth-order valence-corrected chi connectivity index (χ4v) is 2.31. The number of hydrogen-bond acceptors (Lipinski definition) is 4. The monoisotopic (exact) mass is 309 g/mol. The van der Waals surface area contributed by atoms with Crippen LogP contribution >= 0.6 is 0 Å². The van der Waals surface area contributed by atoms with Crippen molar-refractivity contribution in [3.05, 3.63) is 42.2 Å². The third-order valence-electron chi connectivity index (χ3n) is 3.66. The largest absolute Gasteiger partial charge is 0.494 e. The normalized spacial score (nSPS) is 10.3. The van der Waals surface area contributed by atoms with Crippen molar-refractivity contribution in [2.24, 2.45) is 0 Å². The van der Waals surface area contributed by atoms with Crippen LogP contribution in [0.2, 0.25) is 0 Å². The second kappa shape index (κ2) is 9.58. The molecular weight excluding hydrogens is 286 g/mol. The molecule has 4 nitrogen and oxygen atoms in total. The minimum atomic E-state index is 0.465. The molecule has 0 aliphatic carbocycles. The molecule has 0 atom stereocenters. The molecule has 120 valence electrons. The summed E-state index contributed by atoms with van der Waals surface area (Å²) in [5, 5.41) is 8.75. The van der Waals surface area contributed by atoms with Gasteiger partial charge in [0, 0.05) is 18.0 Å². The molecule has 0 saturated carbocycles. The number of hydrogen-bond donors (Lipinski definition) is 0. The van der Waals surface area contributed by atoms with E-state index in [0.29, 0.717) is 11.4 Å². The number of nitrogens with zero attached hydrogens (tertiary/aromatic N) is 3. The Hall–Kier alpha value is -2.41. The number of rotatable bonds is 9. The lowest BCUT2D eigenvalue weighted by Gasteiger charge is -2.07. The first-order valence-electron chi connectivity index (χ1n) is 8.29. The van der Waals surface area contributed by atoms with Crippen LogP contribution in [0.3, 0.4) is 0 Å². The Balaban J connectivity index is 1.77. The van der Waals surface area contributed by atoms with Crippen molar-refractivity contribution in [1.29, 1.82) is 5.26 Å². The first kappa shape index (κ1) is 17.0. The molecule has 0 aliphatic rings. The molecule has 23 heavy (non-hydrogen) atoms. The second-order valence-corrected chi connectivity index (χ2v) is 5.55. The van der Waals surface area contributed by atoms with Crippen molar-refractivity contribution < 1.29 is 4.74 Å². The molecule has 0 amide bonds. The number of nitriles is 1. The van der Waals surface area contributed by atoms with Crippen molar-refractivity contribution in [2.45, 2.75) is 45.4 Å². The highest BCUT2D eigenvalue weighted by Gasteiger charge is 2.02. The molecule has 0 bridgehead atoms. The van der Waals surface area contributed by atoms with E-state index in [2.05, 4.69) is 16.9 Å². The number of benzene rings is 1. The second-order valence-electron chi connectivity index (χ2n) is 5.55. The van der Waals surface area contributed by atoms with E-state index in [4.69, 9.17) is 10.00 Å². The molecule has 0 spiro atoms. The first-order valence-corrected chi connectivity index (χ1v) is 8.29. The molecule has 1 heterocycles. The van der Waals surface area contributed by atoms with E-state index in [-0.39, 0.29) is 0 Å². The summed E-state index contributed by atoms with van der Waals surface area (Å²) in [5.41, 5.74) is 1.38. The van der Waals surface area contributed by atoms with Crippen LogP contribution in [-0.2, 0) is 0 Å². The minimum Gasteiger partial charge on any atom is -0.494 e. The van der Waals surface area contributed by atoms with Gasteiger partial charge >= 0.3 is 0 Å². The van der Waals surface area contributed by atoms with Gasteiger partial charge in [0.15, 0.2) is 5.82 Å². The fourth-order valence-electron chi connectivity index (χ4n) is 2.31. The predicted octanol–water partition coefficient (Wildman–Crippen LogP) is 4.75. The smallest absolute Gasteiger partial charge is 0.159 e. The molecule has 0 aliphatic heterocycles. The van der Waals surface area contributed by atoms with Gasteiger partial charge in [-0.25, -0.2) is 9.97 Å². The molecule has 4 heteroatoms. The quantitative estimate of drug-likeness (QED) is 0.627. The maximum Gasteiger partial charge on any atom is 0.159 e. The average Bonchev–Trinajstić information content (AvgIpc) is 2.61. The van der Waals surface area contributed by atoms with Gasteiger partial charge in [-0.1, -0.05) is 39.0 Å². The Kier molecular flexibility index (Phi) is 7.06. The maximum absolute atomic E-state index is 8.75. The summed E-state index contributed by atoms with van der Waals surface area (Å²) in [5.74, 6) is 1.49. The van der Waals surface area contributed by atoms with E-state index in [0.717, 1.165) is 24.3 Å². The highest BCUT2D eigenvalue weighted by atomic mass is 16.5. The number of ether oxygens (including phenoxy) is 1. The molecule has 2 aromatic rings. The molecule has 0 saturated heterocycles. The Morgan fingerprint density at radius 2 is 1.61 bits per heavy atom. The highest BCUT2D eigenvalue weighted by Crippen LogP contribution is 2.19. The van der Waals surface area contributed by atoms with Gasteiger partial charge in [0.1, 0.15) is 11.8 Å². The van der Waals surface area contributed by atoms with E-state index in [1.807, 2.05) is 30.3 Å². The van der Waals surface area contributed by atoms with Crippen molar-refractivity contribution in [1.82, 2.24) is 9.97 Å². The van der Waals surface area contributed by atoms with Gasteiger partial charge in [-0.2, -0.15) is 5.26 Å². The lowest BCUT2D eigenvalue weighted by atomic mass is 10.1. The predicted molar refractivity (Wildman–Crippen MR) is 91.1 cm³/mol. The van der Waals surface area contributed by atoms with E-state index in [9.17, 15) is 0 Å². The van der Waals surface area contributed by atoms with Gasteiger partial charge in [0.25, 0.3) is 0 Å². The Morgan fingerprint density at radius 3 is 2.26 bits per heavy atom. The van der Waals surface area contributed by atoms with E-state index >= 15 is 0 Å². The van der Waals surface area contributed by atoms with Crippen molar-refractivity contribution in [3.8, 4) is 23.2 Å². The van der Waals surface area contributed by atoms with Gasteiger partial charge in [-0.15, -0.1) is 0 Å². The Morgan fingerprint density at radius 1 is 0.957 bits per heavy atom. The van der Waals surface area contributed by atoms with Crippen molar-refractivity contribution >= 4 is 0 Å². The molecule has 0 N–H and O–H groups in total. The maximum atomic E-state index is 8.75. The van der Waals surface area contributed by atoms with Gasteiger partial charge < -0.3 is 4.74 Å². The number of aromatic nitrogens is 2. The SMILES string of the molecule is CCCCCCCCOc1ccc(-c2ncc(C#N)cn2)cc1. The van der Waals surface area contributed by atoms with Crippen molar-refractivity contribution in [3.63, 3.8) is 0 Å². The first-order chi connectivity index (χ1) is 11.3. The lowest BCUT2D eigenvalue weighted by Crippen LogP contribution is -1.97. The molecule has 0 unspecified atom stereocenters. The summed E-state index contributed by atoms with van der Waals surface area (Å²) in [6.07, 6.45) is 10.6. The summed E-state index contributed by atoms with van der Waals surface area (Å²) < 4.78 is 5.76. The summed E-state index contributed by atoms with van der Waals surface area (Å²) in [6, 6.07) is 9.78. The van der Waals surface area contributed by atoms with Crippen LogP contribution in [0.1, 0.15) is 51.0 Å². The van der Waals surface area contributed by atoms with Crippen LogP contribution in [0, 0.1) is 11.3 Å². The van der Waals surface area contributed by atoms with Gasteiger partial charge in [0.05, 0.1) is 12.2 Å². The zero-order valence-electron chi connectivity index (χ0n) is 13.7. The fraction of sp³-hybridized carbons (Fsp3) is 0.421. The van der Waals surface area contributed by atoms with Crippen LogP contribution in [0.25, 0.3) is 11.4 Å². The summed E-state index contributed by atoms with van der Waals surface area (Å²) in [4.78, 5) is 8.37. The summed E-state index contributed by atoms with van der Waals surface area (Å²) in [7, 11) is 0. The van der Waals surface area contributed by atoms with Gasteiger partial charge in [-0.3, -0.25) is 0 Å². The minimum absolute atomic E-state index is 0.465. The topological polar surface area (TPSA) is 58.8 Å². The molecular formula is C19H23N3O. The standard InChI is InChI=1S/C19H23N3O/c1-2-3-4-5-6-7-12-23-18-10-8-17(9-11-18)19-21-14-16(13-20)15-22-19/h8-11,14-15H,2-7,12H2,1H3. The Bertz CT molecular complexity index is 615. The number of unbranched alkanes of at least 4 members (excludes halogenated alkanes) is 5. The van der Waals surface area contributed by atoms with E-state index in [1.54, 1.807) is 0 Å². The van der Waals surface area contributed by atoms with E-state index in [1.165, 1.54) is 44.5 Å². The van der Waals surface area contributed by atoms with Crippen LogP contribution in [0.4, 0.5) is 0 Å². The van der Waals surface area contributed by atoms with Crippen LogP contribution in [0.5, 0.6) is 5.75 Å². The lowest BCUT2D eigenvalue weighted by molar-refractivity contribution is 0.304. The summed E-state index contributed by atoms with van der Waals surface area (Å²) in [6.45, 7) is 2.99. The molecule has 0 fully saturated rings. The van der Waals surface area contributed by atoms with Gasteiger partial charge in [-0.05, 0) is 30.7 Å². The average molecular weight is 309 g/mol. The van der Waals surface area contributed by atoms with E-state index < -0.39 is 0 Å². The molecule has 1 aromatic heterocycles. The van der Waals surface area contributed by atoms with Crippen LogP contribution in [-0.4, -0.2) is 16.6 Å². The Labute approximate surface area is 138 Å². The third kappa shape index (κ3) is 5.71. The molecule has 2 rings (SSSR count).